The Kier molecular flexibility index (Phi) is 3.34. The van der Waals surface area contributed by atoms with Gasteiger partial charge in [0, 0.05) is 11.9 Å². The monoisotopic (exact) mass is 285 g/mol. The molecule has 0 aliphatic heterocycles. The SMILES string of the molecule is Nc1cc(F)cc(NS(=O)(=O)c2ncccc2F)c1. The second-order valence-electron chi connectivity index (χ2n) is 3.67. The number of hydrogen-bond donors (Lipinski definition) is 2. The molecule has 1 aromatic carbocycles. The zero-order valence-corrected chi connectivity index (χ0v) is 10.3. The maximum Gasteiger partial charge on any atom is 0.282 e. The zero-order chi connectivity index (χ0) is 14.0. The molecule has 1 aromatic heterocycles. The number of nitrogen functional groups attached to an aromatic ring is 1. The fraction of sp³-hybridized carbons (Fsp3) is 0. The lowest BCUT2D eigenvalue weighted by Gasteiger charge is -2.08. The predicted octanol–water partition coefficient (Wildman–Crippen LogP) is 1.74. The van der Waals surface area contributed by atoms with Gasteiger partial charge in [0.1, 0.15) is 5.82 Å². The van der Waals surface area contributed by atoms with Crippen molar-refractivity contribution >= 4 is 21.4 Å². The Labute approximate surface area is 108 Å². The van der Waals surface area contributed by atoms with Gasteiger partial charge in [-0.1, -0.05) is 0 Å². The number of sulfonamides is 1. The van der Waals surface area contributed by atoms with Crippen molar-refractivity contribution in [2.24, 2.45) is 0 Å². The van der Waals surface area contributed by atoms with E-state index in [1.165, 1.54) is 12.1 Å². The summed E-state index contributed by atoms with van der Waals surface area (Å²) in [6.45, 7) is 0. The van der Waals surface area contributed by atoms with E-state index in [9.17, 15) is 17.2 Å². The lowest BCUT2D eigenvalue weighted by atomic mass is 10.3. The molecule has 0 aliphatic carbocycles. The number of anilines is 2. The molecule has 8 heteroatoms. The van der Waals surface area contributed by atoms with Crippen molar-refractivity contribution in [3.05, 3.63) is 48.2 Å². The van der Waals surface area contributed by atoms with Crippen molar-refractivity contribution < 1.29 is 17.2 Å². The molecule has 0 bridgehead atoms. The molecule has 100 valence electrons. The van der Waals surface area contributed by atoms with Gasteiger partial charge >= 0.3 is 0 Å². The van der Waals surface area contributed by atoms with Crippen LogP contribution in [-0.4, -0.2) is 13.4 Å². The quantitative estimate of drug-likeness (QED) is 0.841. The molecule has 0 aliphatic rings. The van der Waals surface area contributed by atoms with Gasteiger partial charge in [-0.05, 0) is 30.3 Å². The Hall–Kier alpha value is -2.22. The van der Waals surface area contributed by atoms with Crippen LogP contribution >= 0.6 is 0 Å². The van der Waals surface area contributed by atoms with Crippen LogP contribution in [-0.2, 0) is 10.0 Å². The first-order valence-corrected chi connectivity index (χ1v) is 6.56. The number of benzene rings is 1. The largest absolute Gasteiger partial charge is 0.399 e. The van der Waals surface area contributed by atoms with E-state index in [2.05, 4.69) is 4.98 Å². The normalized spacial score (nSPS) is 11.3. The Bertz CT molecular complexity index is 699. The average Bonchev–Trinajstić information content (AvgIpc) is 2.26. The Morgan fingerprint density at radius 3 is 2.58 bits per heavy atom. The average molecular weight is 285 g/mol. The lowest BCUT2D eigenvalue weighted by Crippen LogP contribution is -2.16. The maximum absolute atomic E-state index is 13.4. The van der Waals surface area contributed by atoms with Gasteiger partial charge in [-0.15, -0.1) is 0 Å². The molecule has 5 nitrogen and oxygen atoms in total. The summed E-state index contributed by atoms with van der Waals surface area (Å²) in [6.07, 6.45) is 1.14. The number of halogens is 2. The van der Waals surface area contributed by atoms with E-state index in [1.807, 2.05) is 4.72 Å². The molecule has 0 spiro atoms. The van der Waals surface area contributed by atoms with E-state index in [1.54, 1.807) is 0 Å². The number of nitrogens with zero attached hydrogens (tertiary/aromatic N) is 1. The van der Waals surface area contributed by atoms with Crippen LogP contribution in [0.25, 0.3) is 0 Å². The van der Waals surface area contributed by atoms with Gasteiger partial charge in [-0.3, -0.25) is 4.72 Å². The zero-order valence-electron chi connectivity index (χ0n) is 9.47. The van der Waals surface area contributed by atoms with Gasteiger partial charge in [0.2, 0.25) is 5.03 Å². The minimum absolute atomic E-state index is 0.0409. The third kappa shape index (κ3) is 2.97. The van der Waals surface area contributed by atoms with Gasteiger partial charge < -0.3 is 5.73 Å². The molecule has 0 radical (unpaired) electrons. The van der Waals surface area contributed by atoms with Gasteiger partial charge in [-0.25, -0.2) is 13.8 Å². The number of hydrogen-bond acceptors (Lipinski definition) is 4. The smallest absolute Gasteiger partial charge is 0.282 e. The molecular formula is C11H9F2N3O2S. The summed E-state index contributed by atoms with van der Waals surface area (Å²) in [4.78, 5) is 3.44. The van der Waals surface area contributed by atoms with Crippen molar-refractivity contribution in [3.8, 4) is 0 Å². The molecule has 19 heavy (non-hydrogen) atoms. The highest BCUT2D eigenvalue weighted by molar-refractivity contribution is 7.92. The predicted molar refractivity (Wildman–Crippen MR) is 65.8 cm³/mol. The van der Waals surface area contributed by atoms with E-state index < -0.39 is 26.7 Å². The van der Waals surface area contributed by atoms with E-state index in [4.69, 9.17) is 5.73 Å². The Balaban J connectivity index is 2.39. The van der Waals surface area contributed by atoms with Crippen molar-refractivity contribution in [3.63, 3.8) is 0 Å². The van der Waals surface area contributed by atoms with Gasteiger partial charge in [0.15, 0.2) is 5.82 Å². The van der Waals surface area contributed by atoms with Crippen molar-refractivity contribution in [2.45, 2.75) is 5.03 Å². The second-order valence-corrected chi connectivity index (χ2v) is 5.27. The van der Waals surface area contributed by atoms with E-state index >= 15 is 0 Å². The number of nitrogens with two attached hydrogens (primary N) is 1. The van der Waals surface area contributed by atoms with Crippen LogP contribution in [0.4, 0.5) is 20.2 Å². The van der Waals surface area contributed by atoms with E-state index in [0.29, 0.717) is 0 Å². The molecule has 0 amide bonds. The van der Waals surface area contributed by atoms with Crippen molar-refractivity contribution in [2.75, 3.05) is 10.5 Å². The Morgan fingerprint density at radius 1 is 1.21 bits per heavy atom. The summed E-state index contributed by atoms with van der Waals surface area (Å²) in [5, 5.41) is -0.766. The summed E-state index contributed by atoms with van der Waals surface area (Å²) in [7, 11) is -4.24. The lowest BCUT2D eigenvalue weighted by molar-refractivity contribution is 0.557. The molecular weight excluding hydrogens is 276 g/mol. The summed E-state index contributed by atoms with van der Waals surface area (Å²) in [5.74, 6) is -1.71. The Morgan fingerprint density at radius 2 is 1.95 bits per heavy atom. The summed E-state index contributed by atoms with van der Waals surface area (Å²) < 4.78 is 52.2. The van der Waals surface area contributed by atoms with Crippen LogP contribution in [0.2, 0.25) is 0 Å². The van der Waals surface area contributed by atoms with Gasteiger partial charge in [-0.2, -0.15) is 8.42 Å². The molecule has 0 saturated carbocycles. The molecule has 2 rings (SSSR count). The third-order valence-corrected chi connectivity index (χ3v) is 3.47. The van der Waals surface area contributed by atoms with Crippen LogP contribution in [0.1, 0.15) is 0 Å². The first-order valence-electron chi connectivity index (χ1n) is 5.08. The number of aromatic nitrogens is 1. The summed E-state index contributed by atoms with van der Waals surface area (Å²) in [6, 6.07) is 5.38. The standard InChI is InChI=1S/C11H9F2N3O2S/c12-7-4-8(14)6-9(5-7)16-19(17,18)11-10(13)2-1-3-15-11/h1-6,16H,14H2. The van der Waals surface area contributed by atoms with E-state index in [-0.39, 0.29) is 11.4 Å². The number of nitrogens with one attached hydrogen (secondary N) is 1. The highest BCUT2D eigenvalue weighted by Crippen LogP contribution is 2.20. The van der Waals surface area contributed by atoms with Crippen molar-refractivity contribution in [1.82, 2.24) is 4.98 Å². The molecule has 1 heterocycles. The highest BCUT2D eigenvalue weighted by atomic mass is 32.2. The molecule has 0 fully saturated rings. The molecule has 0 unspecified atom stereocenters. The van der Waals surface area contributed by atoms with Crippen LogP contribution < -0.4 is 10.5 Å². The molecule has 2 aromatic rings. The van der Waals surface area contributed by atoms with E-state index in [0.717, 1.165) is 24.4 Å². The first kappa shape index (κ1) is 13.2. The molecule has 0 saturated heterocycles. The van der Waals surface area contributed by atoms with Crippen LogP contribution in [0.3, 0.4) is 0 Å². The van der Waals surface area contributed by atoms with Crippen LogP contribution in [0.5, 0.6) is 0 Å². The van der Waals surface area contributed by atoms with Gasteiger partial charge in [0.05, 0.1) is 5.69 Å². The second kappa shape index (κ2) is 4.81. The summed E-state index contributed by atoms with van der Waals surface area (Å²) >= 11 is 0. The van der Waals surface area contributed by atoms with Crippen LogP contribution in [0.15, 0.2) is 41.6 Å². The fourth-order valence-corrected chi connectivity index (χ4v) is 2.49. The number of rotatable bonds is 3. The topological polar surface area (TPSA) is 85.1 Å². The molecule has 3 N–H and O–H groups in total. The minimum atomic E-state index is -4.24. The maximum atomic E-state index is 13.4. The minimum Gasteiger partial charge on any atom is -0.399 e. The first-order chi connectivity index (χ1) is 8.88. The van der Waals surface area contributed by atoms with Gasteiger partial charge in [0.25, 0.3) is 10.0 Å². The fourth-order valence-electron chi connectivity index (χ4n) is 1.44. The van der Waals surface area contributed by atoms with Crippen LogP contribution in [0, 0.1) is 11.6 Å². The highest BCUT2D eigenvalue weighted by Gasteiger charge is 2.20. The number of pyridine rings is 1. The third-order valence-electron chi connectivity index (χ3n) is 2.15. The van der Waals surface area contributed by atoms with Crippen molar-refractivity contribution in [1.29, 1.82) is 0 Å². The molecule has 0 atom stereocenters. The summed E-state index contributed by atoms with van der Waals surface area (Å²) in [5.41, 5.74) is 5.31.